The number of ketones is 1. The van der Waals surface area contributed by atoms with Crippen molar-refractivity contribution in [3.63, 3.8) is 0 Å². The Morgan fingerprint density at radius 1 is 1.00 bits per heavy atom. The van der Waals surface area contributed by atoms with Crippen molar-refractivity contribution in [2.24, 2.45) is 0 Å². The molecule has 3 aromatic rings. The highest BCUT2D eigenvalue weighted by Gasteiger charge is 2.24. The molecule has 0 aliphatic heterocycles. The van der Waals surface area contributed by atoms with Crippen LogP contribution in [0.3, 0.4) is 0 Å². The van der Waals surface area contributed by atoms with Crippen molar-refractivity contribution in [1.82, 2.24) is 14.8 Å². The van der Waals surface area contributed by atoms with E-state index in [4.69, 9.17) is 9.47 Å². The molecular weight excluding hydrogens is 438 g/mol. The number of ether oxygens (including phenoxy) is 2. The topological polar surface area (TPSA) is 120 Å². The van der Waals surface area contributed by atoms with Gasteiger partial charge in [0.2, 0.25) is 5.78 Å². The number of hydrogen-bond acceptors (Lipinski definition) is 7. The van der Waals surface area contributed by atoms with Gasteiger partial charge < -0.3 is 14.5 Å². The second-order valence-corrected chi connectivity index (χ2v) is 7.97. The molecule has 2 aromatic heterocycles. The Bertz CT molecular complexity index is 1290. The van der Waals surface area contributed by atoms with Gasteiger partial charge in [0.1, 0.15) is 0 Å². The van der Waals surface area contributed by atoms with E-state index in [1.54, 1.807) is 45.0 Å². The fraction of sp³-hybridized carbons (Fsp3) is 0.400. The number of H-pyrrole nitrogens is 1. The molecule has 0 saturated carbocycles. The molecule has 0 aliphatic carbocycles. The summed E-state index contributed by atoms with van der Waals surface area (Å²) in [6.07, 6.45) is 2.66. The predicted molar refractivity (Wildman–Crippen MR) is 126 cm³/mol. The summed E-state index contributed by atoms with van der Waals surface area (Å²) in [6.45, 7) is 7.10. The molecule has 9 heteroatoms. The first-order valence-corrected chi connectivity index (χ1v) is 11.4. The van der Waals surface area contributed by atoms with E-state index in [0.717, 1.165) is 19.3 Å². The van der Waals surface area contributed by atoms with Crippen LogP contribution < -0.4 is 5.56 Å². The van der Waals surface area contributed by atoms with Gasteiger partial charge in [-0.3, -0.25) is 9.59 Å². The van der Waals surface area contributed by atoms with Gasteiger partial charge in [0.25, 0.3) is 5.56 Å². The number of aromatic nitrogens is 3. The summed E-state index contributed by atoms with van der Waals surface area (Å²) in [4.78, 5) is 53.5. The lowest BCUT2D eigenvalue weighted by Crippen LogP contribution is -2.27. The average Bonchev–Trinajstić information content (AvgIpc) is 3.13. The van der Waals surface area contributed by atoms with Crippen molar-refractivity contribution in [3.8, 4) is 0 Å². The molecule has 9 nitrogen and oxygen atoms in total. The van der Waals surface area contributed by atoms with Gasteiger partial charge in [0, 0.05) is 17.6 Å². The summed E-state index contributed by atoms with van der Waals surface area (Å²) in [5.74, 6) is -1.82. The Morgan fingerprint density at radius 2 is 1.71 bits per heavy atom. The van der Waals surface area contributed by atoms with Gasteiger partial charge in [-0.1, -0.05) is 38.0 Å². The number of hydrogen-bond donors (Lipinski definition) is 1. The third kappa shape index (κ3) is 5.08. The van der Waals surface area contributed by atoms with E-state index in [2.05, 4.69) is 17.0 Å². The maximum atomic E-state index is 12.9. The molecule has 0 spiro atoms. The molecule has 1 aromatic carbocycles. The van der Waals surface area contributed by atoms with E-state index in [1.165, 1.54) is 4.68 Å². The summed E-state index contributed by atoms with van der Waals surface area (Å²) >= 11 is 0. The van der Waals surface area contributed by atoms with Crippen LogP contribution in [0.1, 0.15) is 75.7 Å². The lowest BCUT2D eigenvalue weighted by Gasteiger charge is -2.10. The fourth-order valence-electron chi connectivity index (χ4n) is 3.86. The number of Topliss-reactive ketones (excluding diaryl/α,β-unsaturated/α-hetero) is 1. The molecule has 0 amide bonds. The van der Waals surface area contributed by atoms with Crippen LogP contribution in [-0.4, -0.2) is 45.7 Å². The minimum atomic E-state index is -0.805. The molecule has 180 valence electrons. The van der Waals surface area contributed by atoms with Crippen molar-refractivity contribution < 1.29 is 23.9 Å². The summed E-state index contributed by atoms with van der Waals surface area (Å²) in [7, 11) is 0. The van der Waals surface area contributed by atoms with Crippen LogP contribution in [-0.2, 0) is 16.0 Å². The molecule has 0 fully saturated rings. The van der Waals surface area contributed by atoms with E-state index in [-0.39, 0.29) is 23.6 Å². The molecular formula is C25H29N3O6. The molecule has 0 aliphatic rings. The highest BCUT2D eigenvalue weighted by molar-refractivity contribution is 6.05. The Labute approximate surface area is 197 Å². The van der Waals surface area contributed by atoms with Crippen LogP contribution in [0.25, 0.3) is 10.8 Å². The second-order valence-electron chi connectivity index (χ2n) is 7.97. The molecule has 34 heavy (non-hydrogen) atoms. The van der Waals surface area contributed by atoms with E-state index in [1.807, 2.05) is 0 Å². The van der Waals surface area contributed by atoms with E-state index in [9.17, 15) is 19.2 Å². The van der Waals surface area contributed by atoms with Crippen LogP contribution in [0.4, 0.5) is 0 Å². The van der Waals surface area contributed by atoms with Gasteiger partial charge in [-0.2, -0.15) is 5.10 Å². The molecule has 0 bridgehead atoms. The van der Waals surface area contributed by atoms with Gasteiger partial charge in [-0.25, -0.2) is 14.3 Å². The minimum Gasteiger partial charge on any atom is -0.462 e. The van der Waals surface area contributed by atoms with E-state index >= 15 is 0 Å². The Morgan fingerprint density at radius 3 is 2.38 bits per heavy atom. The third-order valence-corrected chi connectivity index (χ3v) is 5.56. The van der Waals surface area contributed by atoms with E-state index < -0.39 is 24.3 Å². The van der Waals surface area contributed by atoms with Crippen LogP contribution in [0, 0.1) is 13.8 Å². The smallest absolute Gasteiger partial charge is 0.359 e. The number of rotatable bonds is 10. The monoisotopic (exact) mass is 467 g/mol. The highest BCUT2D eigenvalue weighted by Crippen LogP contribution is 2.20. The van der Waals surface area contributed by atoms with Crippen molar-refractivity contribution in [2.45, 2.75) is 53.5 Å². The average molecular weight is 468 g/mol. The molecule has 0 radical (unpaired) electrons. The first-order valence-electron chi connectivity index (χ1n) is 11.4. The zero-order valence-corrected chi connectivity index (χ0v) is 19.9. The lowest BCUT2D eigenvalue weighted by molar-refractivity contribution is 0.0466. The first kappa shape index (κ1) is 24.9. The van der Waals surface area contributed by atoms with Gasteiger partial charge in [-0.15, -0.1) is 0 Å². The minimum absolute atomic E-state index is 0.0221. The zero-order valence-electron chi connectivity index (χ0n) is 19.9. The number of fused-ring (bicyclic) bond motifs is 1. The quantitative estimate of drug-likeness (QED) is 0.274. The summed E-state index contributed by atoms with van der Waals surface area (Å²) < 4.78 is 11.6. The number of nitrogens with zero attached hydrogens (tertiary/aromatic N) is 2. The van der Waals surface area contributed by atoms with Crippen molar-refractivity contribution >= 4 is 28.5 Å². The lowest BCUT2D eigenvalue weighted by atomic mass is 10.1. The maximum absolute atomic E-state index is 12.9. The van der Waals surface area contributed by atoms with E-state index in [0.29, 0.717) is 34.1 Å². The number of aromatic amines is 1. The zero-order chi connectivity index (χ0) is 24.8. The SMILES string of the molecule is CCCCCn1nc(C(=O)OCC(=O)c2[nH]c(C)c(C(=O)OCC)c2C)c2ccccc2c1=O. The largest absolute Gasteiger partial charge is 0.462 e. The third-order valence-electron chi connectivity index (χ3n) is 5.56. The number of nitrogens with one attached hydrogen (secondary N) is 1. The molecule has 2 heterocycles. The second kappa shape index (κ2) is 10.9. The number of esters is 2. The predicted octanol–water partition coefficient (Wildman–Crippen LogP) is 3.75. The molecule has 0 saturated heterocycles. The van der Waals surface area contributed by atoms with Crippen molar-refractivity contribution in [2.75, 3.05) is 13.2 Å². The van der Waals surface area contributed by atoms with Crippen LogP contribution >= 0.6 is 0 Å². The van der Waals surface area contributed by atoms with Crippen molar-refractivity contribution in [1.29, 1.82) is 0 Å². The summed E-state index contributed by atoms with van der Waals surface area (Å²) in [5, 5.41) is 4.98. The van der Waals surface area contributed by atoms with Crippen LogP contribution in [0.5, 0.6) is 0 Å². The Hall–Kier alpha value is -3.75. The summed E-state index contributed by atoms with van der Waals surface area (Å²) in [5.41, 5.74) is 1.11. The van der Waals surface area contributed by atoms with Crippen LogP contribution in [0.2, 0.25) is 0 Å². The molecule has 0 atom stereocenters. The van der Waals surface area contributed by atoms with Gasteiger partial charge in [-0.05, 0) is 38.8 Å². The van der Waals surface area contributed by atoms with Gasteiger partial charge in [0.05, 0.1) is 23.3 Å². The Kier molecular flexibility index (Phi) is 7.99. The maximum Gasteiger partial charge on any atom is 0.359 e. The van der Waals surface area contributed by atoms with Gasteiger partial charge >= 0.3 is 11.9 Å². The first-order chi connectivity index (χ1) is 16.3. The number of benzene rings is 1. The number of aryl methyl sites for hydroxylation is 2. The normalized spacial score (nSPS) is 10.9. The van der Waals surface area contributed by atoms with Crippen molar-refractivity contribution in [3.05, 3.63) is 62.8 Å². The van der Waals surface area contributed by atoms with Gasteiger partial charge in [0.15, 0.2) is 12.3 Å². The molecule has 3 rings (SSSR count). The highest BCUT2D eigenvalue weighted by atomic mass is 16.5. The number of carbonyl (C=O) groups excluding carboxylic acids is 3. The number of carbonyl (C=O) groups is 3. The molecule has 1 N–H and O–H groups in total. The standard InChI is InChI=1S/C25H29N3O6/c1-5-7-10-13-28-23(30)18-12-9-8-11-17(18)22(27-28)25(32)34-14-19(29)21-15(3)20(16(4)26-21)24(31)33-6-2/h8-9,11-12,26H,5-7,10,13-14H2,1-4H3. The molecule has 0 unspecified atom stereocenters. The Balaban J connectivity index is 1.84. The van der Waals surface area contributed by atoms with Crippen LogP contribution in [0.15, 0.2) is 29.1 Å². The summed E-state index contributed by atoms with van der Waals surface area (Å²) in [6, 6.07) is 6.69. The fourth-order valence-corrected chi connectivity index (χ4v) is 3.86. The number of unbranched alkanes of at least 4 members (excludes halogenated alkanes) is 2.